The van der Waals surface area contributed by atoms with E-state index in [-0.39, 0.29) is 5.82 Å². The molecule has 15 heavy (non-hydrogen) atoms. The minimum Gasteiger partial charge on any atom is -0.320 e. The third kappa shape index (κ3) is 1.75. The van der Waals surface area contributed by atoms with Crippen molar-refractivity contribution in [1.82, 2.24) is 5.32 Å². The van der Waals surface area contributed by atoms with Gasteiger partial charge in [-0.1, -0.05) is 17.7 Å². The molecule has 1 unspecified atom stereocenters. The van der Waals surface area contributed by atoms with Crippen LogP contribution in [0.1, 0.15) is 17.5 Å². The van der Waals surface area contributed by atoms with Gasteiger partial charge in [-0.3, -0.25) is 0 Å². The van der Waals surface area contributed by atoms with Gasteiger partial charge in [0.1, 0.15) is 5.82 Å². The lowest BCUT2D eigenvalue weighted by Gasteiger charge is -2.25. The molecule has 82 valence electrons. The van der Waals surface area contributed by atoms with Crippen LogP contribution in [0.15, 0.2) is 12.1 Å². The molecular weight excluding hydrogens is 215 g/mol. The fourth-order valence-electron chi connectivity index (χ4n) is 2.04. The van der Waals surface area contributed by atoms with Gasteiger partial charge in [-0.05, 0) is 31.5 Å². The molecule has 0 bridgehead atoms. The molecule has 1 aliphatic rings. The van der Waals surface area contributed by atoms with Gasteiger partial charge in [0.15, 0.2) is 0 Å². The van der Waals surface area contributed by atoms with E-state index in [0.717, 1.165) is 12.1 Å². The van der Waals surface area contributed by atoms with E-state index in [4.69, 9.17) is 17.3 Å². The number of rotatable bonds is 1. The molecule has 0 saturated carbocycles. The normalized spacial score (nSPS) is 25.9. The Hall–Kier alpha value is -0.640. The Kier molecular flexibility index (Phi) is 2.71. The van der Waals surface area contributed by atoms with E-state index in [1.165, 1.54) is 6.07 Å². The highest BCUT2D eigenvalue weighted by atomic mass is 35.5. The summed E-state index contributed by atoms with van der Waals surface area (Å²) in [5.74, 6) is -0.309. The average Bonchev–Trinajstić information content (AvgIpc) is 2.60. The zero-order chi connectivity index (χ0) is 11.1. The predicted molar refractivity (Wildman–Crippen MR) is 59.5 cm³/mol. The van der Waals surface area contributed by atoms with E-state index in [0.29, 0.717) is 23.6 Å². The van der Waals surface area contributed by atoms with E-state index in [1.54, 1.807) is 6.07 Å². The van der Waals surface area contributed by atoms with Gasteiger partial charge in [-0.15, -0.1) is 0 Å². The second-order valence-electron chi connectivity index (χ2n) is 4.14. The molecule has 0 spiro atoms. The lowest BCUT2D eigenvalue weighted by molar-refractivity contribution is 0.459. The molecule has 1 aliphatic heterocycles. The molecule has 1 atom stereocenters. The van der Waals surface area contributed by atoms with Crippen LogP contribution in [-0.4, -0.2) is 13.1 Å². The maximum absolute atomic E-state index is 13.7. The minimum atomic E-state index is -0.660. The number of aryl methyl sites for hydroxylation is 1. The monoisotopic (exact) mass is 228 g/mol. The van der Waals surface area contributed by atoms with Crippen molar-refractivity contribution in [3.8, 4) is 0 Å². The van der Waals surface area contributed by atoms with Crippen molar-refractivity contribution in [3.05, 3.63) is 34.1 Å². The van der Waals surface area contributed by atoms with Crippen LogP contribution in [0.5, 0.6) is 0 Å². The van der Waals surface area contributed by atoms with E-state index < -0.39 is 5.54 Å². The van der Waals surface area contributed by atoms with Crippen molar-refractivity contribution in [2.45, 2.75) is 18.9 Å². The third-order valence-corrected chi connectivity index (χ3v) is 3.46. The van der Waals surface area contributed by atoms with Crippen LogP contribution >= 0.6 is 11.6 Å². The van der Waals surface area contributed by atoms with E-state index in [9.17, 15) is 4.39 Å². The SMILES string of the molecule is Cc1ccc(F)c(C2(N)CCNC2)c1Cl. The summed E-state index contributed by atoms with van der Waals surface area (Å²) in [4.78, 5) is 0. The first-order chi connectivity index (χ1) is 7.04. The number of halogens is 2. The second-order valence-corrected chi connectivity index (χ2v) is 4.51. The number of nitrogens with two attached hydrogens (primary N) is 1. The zero-order valence-corrected chi connectivity index (χ0v) is 9.37. The van der Waals surface area contributed by atoms with Crippen LogP contribution in [0, 0.1) is 12.7 Å². The van der Waals surface area contributed by atoms with Crippen LogP contribution < -0.4 is 11.1 Å². The number of benzene rings is 1. The average molecular weight is 229 g/mol. The van der Waals surface area contributed by atoms with Crippen LogP contribution in [0.25, 0.3) is 0 Å². The quantitative estimate of drug-likeness (QED) is 0.771. The smallest absolute Gasteiger partial charge is 0.129 e. The van der Waals surface area contributed by atoms with Crippen LogP contribution in [0.2, 0.25) is 5.02 Å². The Labute approximate surface area is 93.6 Å². The second kappa shape index (κ2) is 3.74. The molecule has 2 nitrogen and oxygen atoms in total. The van der Waals surface area contributed by atoms with E-state index in [1.807, 2.05) is 6.92 Å². The Balaban J connectivity index is 2.55. The van der Waals surface area contributed by atoms with Gasteiger partial charge in [-0.2, -0.15) is 0 Å². The fourth-order valence-corrected chi connectivity index (χ4v) is 2.38. The first kappa shape index (κ1) is 10.9. The number of hydrogen-bond acceptors (Lipinski definition) is 2. The summed E-state index contributed by atoms with van der Waals surface area (Å²) in [5, 5.41) is 3.59. The molecule has 1 saturated heterocycles. The summed E-state index contributed by atoms with van der Waals surface area (Å²) in [6.07, 6.45) is 0.715. The van der Waals surface area contributed by atoms with Crippen LogP contribution in [0.3, 0.4) is 0 Å². The molecule has 0 aliphatic carbocycles. The minimum absolute atomic E-state index is 0.309. The van der Waals surface area contributed by atoms with Gasteiger partial charge in [0, 0.05) is 12.1 Å². The molecule has 1 fully saturated rings. The molecular formula is C11H14ClFN2. The molecule has 0 amide bonds. The molecule has 0 aromatic heterocycles. The molecule has 1 aromatic carbocycles. The van der Waals surface area contributed by atoms with Gasteiger partial charge in [-0.25, -0.2) is 4.39 Å². The van der Waals surface area contributed by atoms with Crippen molar-refractivity contribution >= 4 is 11.6 Å². The molecule has 3 N–H and O–H groups in total. The largest absolute Gasteiger partial charge is 0.320 e. The highest BCUT2D eigenvalue weighted by Gasteiger charge is 2.35. The molecule has 1 aromatic rings. The van der Waals surface area contributed by atoms with Gasteiger partial charge in [0.05, 0.1) is 10.6 Å². The highest BCUT2D eigenvalue weighted by Crippen LogP contribution is 2.34. The summed E-state index contributed by atoms with van der Waals surface area (Å²) < 4.78 is 13.7. The van der Waals surface area contributed by atoms with Gasteiger partial charge in [0.2, 0.25) is 0 Å². The third-order valence-electron chi connectivity index (χ3n) is 2.97. The summed E-state index contributed by atoms with van der Waals surface area (Å²) in [7, 11) is 0. The Morgan fingerprint density at radius 1 is 1.53 bits per heavy atom. The summed E-state index contributed by atoms with van der Waals surface area (Å²) in [6, 6.07) is 3.11. The van der Waals surface area contributed by atoms with Gasteiger partial charge in [0.25, 0.3) is 0 Å². The number of nitrogens with one attached hydrogen (secondary N) is 1. The van der Waals surface area contributed by atoms with Crippen LogP contribution in [0.4, 0.5) is 4.39 Å². The highest BCUT2D eigenvalue weighted by molar-refractivity contribution is 6.32. The fraction of sp³-hybridized carbons (Fsp3) is 0.455. The molecule has 4 heteroatoms. The lowest BCUT2D eigenvalue weighted by atomic mass is 9.88. The maximum Gasteiger partial charge on any atom is 0.129 e. The van der Waals surface area contributed by atoms with E-state index in [2.05, 4.69) is 5.32 Å². The van der Waals surface area contributed by atoms with Crippen molar-refractivity contribution in [2.75, 3.05) is 13.1 Å². The number of hydrogen-bond donors (Lipinski definition) is 2. The first-order valence-electron chi connectivity index (χ1n) is 4.99. The first-order valence-corrected chi connectivity index (χ1v) is 5.37. The lowest BCUT2D eigenvalue weighted by Crippen LogP contribution is -2.40. The topological polar surface area (TPSA) is 38.0 Å². The summed E-state index contributed by atoms with van der Waals surface area (Å²) >= 11 is 6.12. The summed E-state index contributed by atoms with van der Waals surface area (Å²) in [6.45, 7) is 3.24. The Morgan fingerprint density at radius 2 is 2.27 bits per heavy atom. The zero-order valence-electron chi connectivity index (χ0n) is 8.61. The molecule has 0 radical (unpaired) electrons. The van der Waals surface area contributed by atoms with Gasteiger partial charge >= 0.3 is 0 Å². The van der Waals surface area contributed by atoms with Crippen molar-refractivity contribution in [3.63, 3.8) is 0 Å². The molecule has 1 heterocycles. The van der Waals surface area contributed by atoms with Crippen molar-refractivity contribution in [2.24, 2.45) is 5.73 Å². The predicted octanol–water partition coefficient (Wildman–Crippen LogP) is 1.93. The summed E-state index contributed by atoms with van der Waals surface area (Å²) in [5.41, 5.74) is 6.82. The standard InChI is InChI=1S/C11H14ClFN2/c1-7-2-3-8(13)9(10(7)12)11(14)4-5-15-6-11/h2-3,15H,4-6,14H2,1H3. The van der Waals surface area contributed by atoms with Gasteiger partial charge < -0.3 is 11.1 Å². The van der Waals surface area contributed by atoms with Crippen LogP contribution in [-0.2, 0) is 5.54 Å². The molecule has 2 rings (SSSR count). The van der Waals surface area contributed by atoms with Crippen molar-refractivity contribution in [1.29, 1.82) is 0 Å². The maximum atomic E-state index is 13.7. The Morgan fingerprint density at radius 3 is 2.87 bits per heavy atom. The Bertz CT molecular complexity index is 386. The van der Waals surface area contributed by atoms with Crippen molar-refractivity contribution < 1.29 is 4.39 Å². The van der Waals surface area contributed by atoms with E-state index >= 15 is 0 Å².